The van der Waals surface area contributed by atoms with Crippen LogP contribution in [-0.2, 0) is 6.54 Å². The highest BCUT2D eigenvalue weighted by Crippen LogP contribution is 2.42. The molecule has 0 aliphatic heterocycles. The molecule has 4 nitrogen and oxygen atoms in total. The number of nitrogens with zero attached hydrogens (tertiary/aromatic N) is 4. The second-order valence-electron chi connectivity index (χ2n) is 14.1. The normalized spacial score (nSPS) is 12.2. The molecule has 0 aliphatic carbocycles. The number of rotatable bonds is 7. The van der Waals surface area contributed by atoms with E-state index in [1.165, 1.54) is 42.1 Å². The maximum atomic E-state index is 5.11. The number of aromatic nitrogens is 1. The first-order chi connectivity index (χ1) is 28.2. The zero-order valence-corrected chi connectivity index (χ0v) is 31.9. The van der Waals surface area contributed by atoms with E-state index in [-0.39, 0.29) is 0 Å². The van der Waals surface area contributed by atoms with Crippen molar-refractivity contribution >= 4 is 71.7 Å². The van der Waals surface area contributed by atoms with E-state index in [4.69, 9.17) is 9.98 Å². The first-order valence-electron chi connectivity index (χ1n) is 19.1. The molecule has 2 heterocycles. The summed E-state index contributed by atoms with van der Waals surface area (Å²) in [5, 5.41) is 5.03. The fourth-order valence-corrected chi connectivity index (χ4v) is 9.09. The van der Waals surface area contributed by atoms with Crippen LogP contribution in [0.2, 0.25) is 0 Å². The molecule has 10 aromatic rings. The number of benzene rings is 8. The highest BCUT2D eigenvalue weighted by Gasteiger charge is 2.17. The van der Waals surface area contributed by atoms with Crippen molar-refractivity contribution in [2.45, 2.75) is 6.54 Å². The number of fused-ring (bicyclic) bond motifs is 6. The van der Waals surface area contributed by atoms with Gasteiger partial charge in [-0.05, 0) is 70.9 Å². The molecule has 0 spiro atoms. The summed E-state index contributed by atoms with van der Waals surface area (Å²) in [6.07, 6.45) is 0. The van der Waals surface area contributed by atoms with Crippen molar-refractivity contribution in [2.75, 3.05) is 0 Å². The Morgan fingerprint density at radius 2 is 1.16 bits per heavy atom. The van der Waals surface area contributed by atoms with Crippen molar-refractivity contribution in [2.24, 2.45) is 15.0 Å². The summed E-state index contributed by atoms with van der Waals surface area (Å²) in [7, 11) is 0. The van der Waals surface area contributed by atoms with E-state index >= 15 is 0 Å². The number of para-hydroxylation sites is 1. The van der Waals surface area contributed by atoms with Crippen LogP contribution in [0, 0.1) is 0 Å². The molecule has 270 valence electrons. The molecule has 0 unspecified atom stereocenters. The summed E-state index contributed by atoms with van der Waals surface area (Å²) < 4.78 is 4.98. The van der Waals surface area contributed by atoms with E-state index in [9.17, 15) is 0 Å². The van der Waals surface area contributed by atoms with Gasteiger partial charge in [-0.2, -0.15) is 0 Å². The Morgan fingerprint density at radius 3 is 1.98 bits per heavy atom. The van der Waals surface area contributed by atoms with Crippen molar-refractivity contribution < 1.29 is 0 Å². The van der Waals surface area contributed by atoms with Gasteiger partial charge in [0.25, 0.3) is 0 Å². The van der Waals surface area contributed by atoms with Crippen LogP contribution in [0.25, 0.3) is 69.9 Å². The fraction of sp³-hybridized carbons (Fsp3) is 0.0192. The standard InChI is InChI=1S/C52H36N4S/c1-53-51(38-28-26-37(27-29-38)36-16-6-3-7-17-36)55-52(54-34-35-14-4-2-5-15-35)40-18-12-19-41(32-40)56-47-24-10-8-20-43(47)46-33-39(30-31-48(46)56)42-22-13-23-45-44-21-9-11-25-49(44)57-50(42)45/h2-33H,1,34H2. The van der Waals surface area contributed by atoms with Crippen LogP contribution >= 0.6 is 11.3 Å². The fourth-order valence-electron chi connectivity index (χ4n) is 7.85. The summed E-state index contributed by atoms with van der Waals surface area (Å²) in [4.78, 5) is 14.6. The molecule has 0 saturated heterocycles. The van der Waals surface area contributed by atoms with Gasteiger partial charge in [-0.1, -0.05) is 158 Å². The molecule has 0 saturated carbocycles. The van der Waals surface area contributed by atoms with Gasteiger partial charge in [0.15, 0.2) is 11.7 Å². The molecule has 0 atom stereocenters. The minimum atomic E-state index is 0.478. The highest BCUT2D eigenvalue weighted by atomic mass is 32.1. The van der Waals surface area contributed by atoms with E-state index in [2.05, 4.69) is 186 Å². The molecular weight excluding hydrogens is 713 g/mol. The molecule has 57 heavy (non-hydrogen) atoms. The maximum absolute atomic E-state index is 5.11. The summed E-state index contributed by atoms with van der Waals surface area (Å²) in [6, 6.07) is 68.4. The number of hydrogen-bond acceptors (Lipinski definition) is 2. The molecular formula is C52H36N4S. The van der Waals surface area contributed by atoms with Crippen molar-refractivity contribution in [1.82, 2.24) is 4.57 Å². The predicted molar refractivity (Wildman–Crippen MR) is 244 cm³/mol. The van der Waals surface area contributed by atoms with E-state index in [0.29, 0.717) is 18.2 Å². The Morgan fingerprint density at radius 1 is 0.491 bits per heavy atom. The average molecular weight is 749 g/mol. The second kappa shape index (κ2) is 14.8. The van der Waals surface area contributed by atoms with Gasteiger partial charge in [0.1, 0.15) is 0 Å². The van der Waals surface area contributed by atoms with E-state index in [1.807, 2.05) is 35.6 Å². The SMILES string of the molecule is C=NC(=NC(=NCc1ccccc1)c1cccc(-n2c3ccccc3c3cc(-c4cccc5c4sc4ccccc45)ccc32)c1)c1ccc(-c2ccccc2)cc1. The van der Waals surface area contributed by atoms with Crippen molar-refractivity contribution in [3.05, 3.63) is 211 Å². The van der Waals surface area contributed by atoms with Crippen LogP contribution in [0.5, 0.6) is 0 Å². The van der Waals surface area contributed by atoms with Gasteiger partial charge >= 0.3 is 0 Å². The number of aliphatic imine (C=N–C) groups is 3. The van der Waals surface area contributed by atoms with Gasteiger partial charge in [-0.3, -0.25) is 4.99 Å². The molecule has 0 aliphatic rings. The van der Waals surface area contributed by atoms with Crippen molar-refractivity contribution in [1.29, 1.82) is 0 Å². The summed E-state index contributed by atoms with van der Waals surface area (Å²) in [5.74, 6) is 1.11. The zero-order chi connectivity index (χ0) is 38.1. The number of thiophene rings is 1. The lowest BCUT2D eigenvalue weighted by Crippen LogP contribution is -2.06. The molecule has 10 rings (SSSR count). The van der Waals surface area contributed by atoms with Gasteiger partial charge < -0.3 is 4.57 Å². The zero-order valence-electron chi connectivity index (χ0n) is 31.1. The third-order valence-corrected chi connectivity index (χ3v) is 11.8. The van der Waals surface area contributed by atoms with Crippen LogP contribution in [0.4, 0.5) is 0 Å². The Bertz CT molecular complexity index is 3150. The van der Waals surface area contributed by atoms with Crippen LogP contribution in [-0.4, -0.2) is 23.0 Å². The van der Waals surface area contributed by atoms with E-state index in [0.717, 1.165) is 44.5 Å². The summed E-state index contributed by atoms with van der Waals surface area (Å²) in [6.45, 7) is 4.40. The van der Waals surface area contributed by atoms with Crippen LogP contribution in [0.15, 0.2) is 209 Å². The van der Waals surface area contributed by atoms with Gasteiger partial charge in [0.05, 0.1) is 17.6 Å². The van der Waals surface area contributed by atoms with Crippen LogP contribution in [0.1, 0.15) is 16.7 Å². The molecule has 0 radical (unpaired) electrons. The van der Waals surface area contributed by atoms with Gasteiger partial charge in [0, 0.05) is 47.8 Å². The lowest BCUT2D eigenvalue weighted by atomic mass is 10.0. The Balaban J connectivity index is 1.08. The van der Waals surface area contributed by atoms with Crippen LogP contribution in [0.3, 0.4) is 0 Å². The van der Waals surface area contributed by atoms with E-state index in [1.54, 1.807) is 0 Å². The van der Waals surface area contributed by atoms with Gasteiger partial charge in [-0.25, -0.2) is 9.98 Å². The molecule has 0 fully saturated rings. The molecule has 8 aromatic carbocycles. The first kappa shape index (κ1) is 34.3. The van der Waals surface area contributed by atoms with Crippen LogP contribution < -0.4 is 0 Å². The molecule has 5 heteroatoms. The van der Waals surface area contributed by atoms with E-state index < -0.39 is 0 Å². The lowest BCUT2D eigenvalue weighted by Gasteiger charge is -2.12. The Hall–Kier alpha value is -7.21. The number of hydrogen-bond donors (Lipinski definition) is 0. The summed E-state index contributed by atoms with van der Waals surface area (Å²) >= 11 is 1.87. The highest BCUT2D eigenvalue weighted by molar-refractivity contribution is 7.26. The average Bonchev–Trinajstić information content (AvgIpc) is 3.83. The lowest BCUT2D eigenvalue weighted by molar-refractivity contribution is 1.06. The smallest absolute Gasteiger partial charge is 0.161 e. The predicted octanol–water partition coefficient (Wildman–Crippen LogP) is 13.6. The van der Waals surface area contributed by atoms with Crippen molar-refractivity contribution in [3.63, 3.8) is 0 Å². The quantitative estimate of drug-likeness (QED) is 0.115. The molecule has 0 amide bonds. The minimum Gasteiger partial charge on any atom is -0.309 e. The second-order valence-corrected chi connectivity index (χ2v) is 15.1. The number of amidine groups is 2. The van der Waals surface area contributed by atoms with Crippen molar-refractivity contribution in [3.8, 4) is 27.9 Å². The monoisotopic (exact) mass is 748 g/mol. The molecule has 2 aromatic heterocycles. The topological polar surface area (TPSA) is 42.0 Å². The molecule has 0 N–H and O–H groups in total. The molecule has 0 bridgehead atoms. The third-order valence-electron chi connectivity index (χ3n) is 10.6. The Kier molecular flexibility index (Phi) is 8.90. The maximum Gasteiger partial charge on any atom is 0.161 e. The Labute approximate surface area is 335 Å². The van der Waals surface area contributed by atoms with Gasteiger partial charge in [-0.15, -0.1) is 11.3 Å². The first-order valence-corrected chi connectivity index (χ1v) is 19.9. The minimum absolute atomic E-state index is 0.478. The third kappa shape index (κ3) is 6.44. The summed E-state index contributed by atoms with van der Waals surface area (Å²) in [5.41, 5.74) is 10.9. The largest absolute Gasteiger partial charge is 0.309 e. The van der Waals surface area contributed by atoms with Gasteiger partial charge in [0.2, 0.25) is 0 Å².